The average Bonchev–Trinajstić information content (AvgIpc) is 3.45. The Morgan fingerprint density at radius 3 is 2.60 bits per heavy atom. The highest BCUT2D eigenvalue weighted by Gasteiger charge is 2.64. The highest BCUT2D eigenvalue weighted by molar-refractivity contribution is 7.26. The van der Waals surface area contributed by atoms with Gasteiger partial charge in [0.15, 0.2) is 5.65 Å². The third-order valence-corrected chi connectivity index (χ3v) is 7.19. The molecule has 182 valence electrons. The van der Waals surface area contributed by atoms with Gasteiger partial charge in [-0.2, -0.15) is 27.1 Å². The van der Waals surface area contributed by atoms with Crippen LogP contribution < -0.4 is 5.32 Å². The maximum atomic E-state index is 14.3. The summed E-state index contributed by atoms with van der Waals surface area (Å²) < 4.78 is 71.0. The van der Waals surface area contributed by atoms with E-state index in [1.165, 1.54) is 28.2 Å². The number of rotatable bonds is 2. The van der Waals surface area contributed by atoms with Crippen LogP contribution in [0.15, 0.2) is 18.5 Å². The van der Waals surface area contributed by atoms with E-state index in [4.69, 9.17) is 0 Å². The number of nitrogens with zero attached hydrogens (tertiary/aromatic N) is 7. The molecule has 1 aliphatic heterocycles. The van der Waals surface area contributed by atoms with E-state index in [1.54, 1.807) is 6.92 Å². The second-order valence-electron chi connectivity index (χ2n) is 8.77. The van der Waals surface area contributed by atoms with Gasteiger partial charge in [-0.25, -0.2) is 24.1 Å². The predicted molar refractivity (Wildman–Crippen MR) is 120 cm³/mol. The summed E-state index contributed by atoms with van der Waals surface area (Å²) >= 11 is 1.40. The van der Waals surface area contributed by atoms with Gasteiger partial charge in [0.05, 0.1) is 5.52 Å². The van der Waals surface area contributed by atoms with Crippen LogP contribution in [0.4, 0.5) is 27.8 Å². The van der Waals surface area contributed by atoms with Crippen LogP contribution in [0.5, 0.6) is 0 Å². The third-order valence-electron chi connectivity index (χ3n) is 6.12. The Kier molecular flexibility index (Phi) is 4.45. The fourth-order valence-corrected chi connectivity index (χ4v) is 5.79. The SMILES string of the molecule is Cc1cc(C)c2c(n1)sc1c2ncn2nc(-c3cc4n(n3)C(C(F)(F)C(F)(F)F)CC(C)N4)nc12. The highest BCUT2D eigenvalue weighted by atomic mass is 32.1. The van der Waals surface area contributed by atoms with E-state index < -0.39 is 30.6 Å². The number of anilines is 1. The Morgan fingerprint density at radius 1 is 1.09 bits per heavy atom. The number of aryl methyl sites for hydroxylation is 2. The molecule has 14 heteroatoms. The van der Waals surface area contributed by atoms with Crippen molar-refractivity contribution in [3.05, 3.63) is 29.7 Å². The topological polar surface area (TPSA) is 85.8 Å². The zero-order valence-electron chi connectivity index (χ0n) is 18.5. The minimum atomic E-state index is -5.71. The lowest BCUT2D eigenvalue weighted by atomic mass is 9.99. The minimum Gasteiger partial charge on any atom is -0.368 e. The quantitative estimate of drug-likeness (QED) is 0.325. The van der Waals surface area contributed by atoms with Gasteiger partial charge in [-0.1, -0.05) is 0 Å². The Bertz CT molecular complexity index is 1630. The lowest BCUT2D eigenvalue weighted by Gasteiger charge is -2.35. The second kappa shape index (κ2) is 7.06. The van der Waals surface area contributed by atoms with Crippen molar-refractivity contribution in [2.45, 2.75) is 51.4 Å². The molecular formula is C21H17F5N8S. The molecule has 35 heavy (non-hydrogen) atoms. The van der Waals surface area contributed by atoms with E-state index in [-0.39, 0.29) is 17.3 Å². The number of fused-ring (bicyclic) bond motifs is 6. The average molecular weight is 508 g/mol. The van der Waals surface area contributed by atoms with Crippen LogP contribution in [0.3, 0.4) is 0 Å². The summed E-state index contributed by atoms with van der Waals surface area (Å²) in [4.78, 5) is 14.4. The van der Waals surface area contributed by atoms with Gasteiger partial charge >= 0.3 is 12.1 Å². The third kappa shape index (κ3) is 3.18. The first-order valence-electron chi connectivity index (χ1n) is 10.7. The van der Waals surface area contributed by atoms with Crippen molar-refractivity contribution in [1.29, 1.82) is 0 Å². The number of hydrogen-bond acceptors (Lipinski definition) is 7. The largest absolute Gasteiger partial charge is 0.455 e. The molecule has 1 aliphatic rings. The van der Waals surface area contributed by atoms with Crippen LogP contribution in [0.25, 0.3) is 37.6 Å². The van der Waals surface area contributed by atoms with Crippen molar-refractivity contribution in [3.63, 3.8) is 0 Å². The number of alkyl halides is 5. The van der Waals surface area contributed by atoms with Crippen molar-refractivity contribution in [2.24, 2.45) is 0 Å². The summed E-state index contributed by atoms with van der Waals surface area (Å²) in [6.07, 6.45) is -4.67. The Balaban J connectivity index is 1.50. The molecule has 0 aromatic carbocycles. The fraction of sp³-hybridized carbons (Fsp3) is 0.381. The molecule has 0 saturated heterocycles. The molecule has 0 bridgehead atoms. The Hall–Kier alpha value is -3.42. The Labute approximate surface area is 197 Å². The van der Waals surface area contributed by atoms with Gasteiger partial charge < -0.3 is 5.32 Å². The number of aromatic nitrogens is 7. The van der Waals surface area contributed by atoms with E-state index in [0.29, 0.717) is 15.8 Å². The normalized spacial score (nSPS) is 19.0. The molecule has 2 unspecified atom stereocenters. The molecular weight excluding hydrogens is 491 g/mol. The molecule has 8 nitrogen and oxygen atoms in total. The smallest absolute Gasteiger partial charge is 0.368 e. The lowest BCUT2D eigenvalue weighted by molar-refractivity contribution is -0.301. The zero-order chi connectivity index (χ0) is 24.9. The second-order valence-corrected chi connectivity index (χ2v) is 9.76. The van der Waals surface area contributed by atoms with Crippen molar-refractivity contribution in [1.82, 2.24) is 34.3 Å². The molecule has 0 fully saturated rings. The molecule has 6 rings (SSSR count). The van der Waals surface area contributed by atoms with E-state index in [2.05, 4.69) is 30.5 Å². The van der Waals surface area contributed by atoms with Crippen molar-refractivity contribution >= 4 is 43.2 Å². The standard InChI is InChI=1S/C21H17F5N8S/c1-8-4-9(2)29-19-14(8)15-16(35-19)18-30-17(32-33(18)7-27-15)11-6-13-28-10(3)5-12(34(13)31-11)20(22,23)21(24,25)26/h4,6-7,10,12,28H,5H2,1-3H3. The van der Waals surface area contributed by atoms with Crippen molar-refractivity contribution in [3.8, 4) is 11.5 Å². The van der Waals surface area contributed by atoms with Gasteiger partial charge in [-0.05, 0) is 38.8 Å². The predicted octanol–water partition coefficient (Wildman–Crippen LogP) is 5.31. The van der Waals surface area contributed by atoms with Crippen molar-refractivity contribution < 1.29 is 22.0 Å². The number of thiophene rings is 1. The minimum absolute atomic E-state index is 0.0481. The molecule has 0 amide bonds. The Morgan fingerprint density at radius 2 is 1.86 bits per heavy atom. The van der Waals surface area contributed by atoms with E-state index in [9.17, 15) is 22.0 Å². The van der Waals surface area contributed by atoms with E-state index in [0.717, 1.165) is 26.2 Å². The van der Waals surface area contributed by atoms with Gasteiger partial charge in [-0.15, -0.1) is 16.4 Å². The number of hydrogen-bond donors (Lipinski definition) is 1. The van der Waals surface area contributed by atoms with Gasteiger partial charge in [0.1, 0.15) is 33.4 Å². The number of pyridine rings is 1. The molecule has 5 aromatic heterocycles. The highest BCUT2D eigenvalue weighted by Crippen LogP contribution is 2.48. The monoisotopic (exact) mass is 508 g/mol. The summed E-state index contributed by atoms with van der Waals surface area (Å²) in [6, 6.07) is 0.551. The van der Waals surface area contributed by atoms with E-state index >= 15 is 0 Å². The summed E-state index contributed by atoms with van der Waals surface area (Å²) in [5.74, 6) is -4.82. The van der Waals surface area contributed by atoms with Gasteiger partial charge in [-0.3, -0.25) is 0 Å². The van der Waals surface area contributed by atoms with Crippen LogP contribution in [0.1, 0.15) is 30.6 Å². The van der Waals surface area contributed by atoms with Crippen LogP contribution >= 0.6 is 11.3 Å². The molecule has 0 spiro atoms. The molecule has 0 radical (unpaired) electrons. The molecule has 0 saturated carbocycles. The van der Waals surface area contributed by atoms with Crippen LogP contribution in [-0.4, -0.2) is 52.5 Å². The number of nitrogens with one attached hydrogen (secondary N) is 1. The van der Waals surface area contributed by atoms with Crippen molar-refractivity contribution in [2.75, 3.05) is 5.32 Å². The van der Waals surface area contributed by atoms with Gasteiger partial charge in [0, 0.05) is 23.2 Å². The maximum Gasteiger partial charge on any atom is 0.455 e. The summed E-state index contributed by atoms with van der Waals surface area (Å²) in [5, 5.41) is 12.3. The van der Waals surface area contributed by atoms with E-state index in [1.807, 2.05) is 19.9 Å². The summed E-state index contributed by atoms with van der Waals surface area (Å²) in [5.41, 5.74) is 3.15. The molecule has 0 aliphatic carbocycles. The fourth-order valence-electron chi connectivity index (χ4n) is 4.56. The van der Waals surface area contributed by atoms with Gasteiger partial charge in [0.2, 0.25) is 5.82 Å². The maximum absolute atomic E-state index is 14.3. The summed E-state index contributed by atoms with van der Waals surface area (Å²) in [7, 11) is 0. The number of halogens is 5. The molecule has 1 N–H and O–H groups in total. The first-order chi connectivity index (χ1) is 16.4. The lowest BCUT2D eigenvalue weighted by Crippen LogP contribution is -2.48. The first-order valence-corrected chi connectivity index (χ1v) is 11.5. The van der Waals surface area contributed by atoms with Crippen LogP contribution in [0.2, 0.25) is 0 Å². The zero-order valence-corrected chi connectivity index (χ0v) is 19.3. The summed E-state index contributed by atoms with van der Waals surface area (Å²) in [6.45, 7) is 5.42. The van der Waals surface area contributed by atoms with Crippen LogP contribution in [-0.2, 0) is 0 Å². The van der Waals surface area contributed by atoms with Crippen LogP contribution in [0, 0.1) is 13.8 Å². The first kappa shape index (κ1) is 22.1. The molecule has 6 heterocycles. The molecule has 5 aromatic rings. The van der Waals surface area contributed by atoms with Gasteiger partial charge in [0.25, 0.3) is 0 Å². The molecule has 2 atom stereocenters.